The third-order valence-corrected chi connectivity index (χ3v) is 4.85. The van der Waals surface area contributed by atoms with E-state index in [9.17, 15) is 0 Å². The summed E-state index contributed by atoms with van der Waals surface area (Å²) in [6, 6.07) is 0.395. The van der Waals surface area contributed by atoms with Gasteiger partial charge in [-0.15, -0.1) is 0 Å². The van der Waals surface area contributed by atoms with Gasteiger partial charge in [0.05, 0.1) is 5.69 Å². The van der Waals surface area contributed by atoms with Crippen molar-refractivity contribution in [3.05, 3.63) is 11.5 Å². The van der Waals surface area contributed by atoms with Gasteiger partial charge in [-0.25, -0.2) is 4.98 Å². The quantitative estimate of drug-likeness (QED) is 0.918. The first-order valence-electron chi connectivity index (χ1n) is 8.13. The molecule has 0 aromatic carbocycles. The standard InChI is InChI=1S/C16H27N3O/c1-11(2)19-15(17)14(12-7-9-20-10-8-12)18-16(19)13-5-3-4-6-13/h11-13H,3-10,17H2,1-2H3. The monoisotopic (exact) mass is 277 g/mol. The summed E-state index contributed by atoms with van der Waals surface area (Å²) < 4.78 is 7.76. The average Bonchev–Trinajstić information content (AvgIpc) is 3.06. The minimum Gasteiger partial charge on any atom is -0.384 e. The summed E-state index contributed by atoms with van der Waals surface area (Å²) in [6.45, 7) is 6.11. The maximum atomic E-state index is 6.46. The number of aromatic nitrogens is 2. The topological polar surface area (TPSA) is 53.1 Å². The molecule has 112 valence electrons. The molecule has 1 aromatic heterocycles. The first-order chi connectivity index (χ1) is 9.68. The third kappa shape index (κ3) is 2.46. The number of nitrogens with two attached hydrogens (primary N) is 1. The summed E-state index contributed by atoms with van der Waals surface area (Å²) in [4.78, 5) is 5.02. The van der Waals surface area contributed by atoms with Crippen LogP contribution >= 0.6 is 0 Å². The number of ether oxygens (including phenoxy) is 1. The normalized spacial score (nSPS) is 21.9. The fourth-order valence-electron chi connectivity index (χ4n) is 3.77. The third-order valence-electron chi connectivity index (χ3n) is 4.85. The predicted molar refractivity (Wildman–Crippen MR) is 81.0 cm³/mol. The van der Waals surface area contributed by atoms with E-state index in [-0.39, 0.29) is 0 Å². The molecular formula is C16H27N3O. The molecule has 2 fully saturated rings. The number of hydrogen-bond acceptors (Lipinski definition) is 3. The molecule has 4 heteroatoms. The lowest BCUT2D eigenvalue weighted by molar-refractivity contribution is 0.0847. The second-order valence-electron chi connectivity index (χ2n) is 6.57. The maximum Gasteiger partial charge on any atom is 0.127 e. The molecule has 1 saturated heterocycles. The molecule has 1 aliphatic carbocycles. The maximum absolute atomic E-state index is 6.46. The van der Waals surface area contributed by atoms with E-state index in [0.29, 0.717) is 17.9 Å². The lowest BCUT2D eigenvalue weighted by Crippen LogP contribution is -2.16. The van der Waals surface area contributed by atoms with E-state index in [1.54, 1.807) is 0 Å². The van der Waals surface area contributed by atoms with Crippen LogP contribution < -0.4 is 5.73 Å². The Morgan fingerprint density at radius 2 is 1.75 bits per heavy atom. The van der Waals surface area contributed by atoms with Gasteiger partial charge in [-0.3, -0.25) is 0 Å². The zero-order valence-corrected chi connectivity index (χ0v) is 12.8. The fourth-order valence-corrected chi connectivity index (χ4v) is 3.77. The average molecular weight is 277 g/mol. The highest BCUT2D eigenvalue weighted by Crippen LogP contribution is 2.39. The van der Waals surface area contributed by atoms with Crippen molar-refractivity contribution in [2.45, 2.75) is 70.3 Å². The summed E-state index contributed by atoms with van der Waals surface area (Å²) >= 11 is 0. The Hall–Kier alpha value is -1.03. The Labute approximate surface area is 121 Å². The van der Waals surface area contributed by atoms with Gasteiger partial charge in [0.25, 0.3) is 0 Å². The van der Waals surface area contributed by atoms with Gasteiger partial charge in [0, 0.05) is 31.1 Å². The molecular weight excluding hydrogens is 250 g/mol. The van der Waals surface area contributed by atoms with E-state index in [1.165, 1.54) is 31.5 Å². The van der Waals surface area contributed by atoms with E-state index in [2.05, 4.69) is 18.4 Å². The van der Waals surface area contributed by atoms with Gasteiger partial charge in [0.15, 0.2) is 0 Å². The van der Waals surface area contributed by atoms with Gasteiger partial charge in [0.1, 0.15) is 11.6 Å². The van der Waals surface area contributed by atoms with Gasteiger partial charge in [0.2, 0.25) is 0 Å². The van der Waals surface area contributed by atoms with Crippen molar-refractivity contribution in [2.75, 3.05) is 18.9 Å². The Morgan fingerprint density at radius 3 is 2.35 bits per heavy atom. The van der Waals surface area contributed by atoms with E-state index in [0.717, 1.165) is 37.6 Å². The Bertz CT molecular complexity index is 455. The smallest absolute Gasteiger partial charge is 0.127 e. The minimum atomic E-state index is 0.395. The number of anilines is 1. The van der Waals surface area contributed by atoms with E-state index < -0.39 is 0 Å². The van der Waals surface area contributed by atoms with E-state index in [4.69, 9.17) is 15.5 Å². The van der Waals surface area contributed by atoms with Gasteiger partial charge in [-0.2, -0.15) is 0 Å². The van der Waals surface area contributed by atoms with Crippen LogP contribution in [0.5, 0.6) is 0 Å². The fraction of sp³-hybridized carbons (Fsp3) is 0.812. The largest absolute Gasteiger partial charge is 0.384 e. The van der Waals surface area contributed by atoms with Crippen LogP contribution in [0, 0.1) is 0 Å². The first-order valence-corrected chi connectivity index (χ1v) is 8.13. The van der Waals surface area contributed by atoms with Gasteiger partial charge < -0.3 is 15.0 Å². The number of rotatable bonds is 3. The Kier molecular flexibility index (Phi) is 4.01. The zero-order valence-electron chi connectivity index (χ0n) is 12.8. The lowest BCUT2D eigenvalue weighted by Gasteiger charge is -2.21. The summed E-state index contributed by atoms with van der Waals surface area (Å²) in [5.41, 5.74) is 7.61. The Balaban J connectivity index is 1.96. The molecule has 2 aliphatic rings. The molecule has 1 aromatic rings. The molecule has 0 spiro atoms. The van der Waals surface area contributed by atoms with Crippen LogP contribution in [-0.4, -0.2) is 22.8 Å². The highest BCUT2D eigenvalue weighted by molar-refractivity contribution is 5.42. The number of nitrogen functional groups attached to an aromatic ring is 1. The second-order valence-corrected chi connectivity index (χ2v) is 6.57. The first kappa shape index (κ1) is 13.9. The van der Waals surface area contributed by atoms with E-state index >= 15 is 0 Å². The predicted octanol–water partition coefficient (Wildman–Crippen LogP) is 3.60. The number of nitrogens with zero attached hydrogens (tertiary/aromatic N) is 2. The highest BCUT2D eigenvalue weighted by Gasteiger charge is 2.29. The van der Waals surface area contributed by atoms with Crippen LogP contribution in [0.25, 0.3) is 0 Å². The molecule has 0 bridgehead atoms. The Morgan fingerprint density at radius 1 is 1.10 bits per heavy atom. The summed E-state index contributed by atoms with van der Waals surface area (Å²) in [7, 11) is 0. The summed E-state index contributed by atoms with van der Waals surface area (Å²) in [5, 5.41) is 0. The molecule has 0 atom stereocenters. The van der Waals surface area contributed by atoms with Crippen LogP contribution in [0.4, 0.5) is 5.82 Å². The van der Waals surface area contributed by atoms with Gasteiger partial charge in [-0.1, -0.05) is 12.8 Å². The molecule has 2 heterocycles. The SMILES string of the molecule is CC(C)n1c(C2CCCC2)nc(C2CCOCC2)c1N. The number of imidazole rings is 1. The van der Waals surface area contributed by atoms with Crippen molar-refractivity contribution in [1.82, 2.24) is 9.55 Å². The van der Waals surface area contributed by atoms with Crippen molar-refractivity contribution >= 4 is 5.82 Å². The van der Waals surface area contributed by atoms with Crippen LogP contribution in [0.15, 0.2) is 0 Å². The van der Waals surface area contributed by atoms with Crippen molar-refractivity contribution in [3.8, 4) is 0 Å². The van der Waals surface area contributed by atoms with Crippen molar-refractivity contribution in [3.63, 3.8) is 0 Å². The van der Waals surface area contributed by atoms with Crippen molar-refractivity contribution in [1.29, 1.82) is 0 Å². The molecule has 0 radical (unpaired) electrons. The zero-order chi connectivity index (χ0) is 14.1. The molecule has 20 heavy (non-hydrogen) atoms. The van der Waals surface area contributed by atoms with Crippen LogP contribution in [0.3, 0.4) is 0 Å². The molecule has 4 nitrogen and oxygen atoms in total. The van der Waals surface area contributed by atoms with Gasteiger partial charge in [-0.05, 0) is 39.5 Å². The number of hydrogen-bond donors (Lipinski definition) is 1. The van der Waals surface area contributed by atoms with Crippen LogP contribution in [-0.2, 0) is 4.74 Å². The minimum absolute atomic E-state index is 0.395. The highest BCUT2D eigenvalue weighted by atomic mass is 16.5. The van der Waals surface area contributed by atoms with Crippen LogP contribution in [0.2, 0.25) is 0 Å². The van der Waals surface area contributed by atoms with E-state index in [1.807, 2.05) is 0 Å². The summed E-state index contributed by atoms with van der Waals surface area (Å²) in [6.07, 6.45) is 7.34. The molecule has 1 aliphatic heterocycles. The molecule has 1 saturated carbocycles. The second kappa shape index (κ2) is 5.76. The van der Waals surface area contributed by atoms with Crippen molar-refractivity contribution in [2.24, 2.45) is 0 Å². The lowest BCUT2D eigenvalue weighted by atomic mass is 9.96. The molecule has 0 unspecified atom stereocenters. The molecule has 0 amide bonds. The molecule has 3 rings (SSSR count). The van der Waals surface area contributed by atoms with Crippen LogP contribution in [0.1, 0.15) is 81.8 Å². The molecule has 2 N–H and O–H groups in total. The summed E-state index contributed by atoms with van der Waals surface area (Å²) in [5.74, 6) is 3.27. The van der Waals surface area contributed by atoms with Crippen molar-refractivity contribution < 1.29 is 4.74 Å². The van der Waals surface area contributed by atoms with Gasteiger partial charge >= 0.3 is 0 Å².